The molecule has 0 rings (SSSR count). The number of hydrogen-bond donors (Lipinski definition) is 0. The molecular weight excluding hydrogens is 196 g/mol. The molecule has 0 atom stereocenters. The average Bonchev–Trinajstić information content (AvgIpc) is 2.24. The molecule has 90 valence electrons. The van der Waals surface area contributed by atoms with Crippen molar-refractivity contribution in [3.63, 3.8) is 0 Å². The first-order valence-electron chi connectivity index (χ1n) is 7.03. The quantitative estimate of drug-likeness (QED) is 0.361. The lowest BCUT2D eigenvalue weighted by atomic mass is 10.1. The monoisotopic (exact) mass is 226 g/mol. The third-order valence-corrected chi connectivity index (χ3v) is 6.03. The third-order valence-electron chi connectivity index (χ3n) is 2.88. The zero-order chi connectivity index (χ0) is 11.4. The molecular formula is C14H30Si. The first-order chi connectivity index (χ1) is 7.35. The van der Waals surface area contributed by atoms with Crippen molar-refractivity contribution in [3.05, 3.63) is 0 Å². The summed E-state index contributed by atoms with van der Waals surface area (Å²) in [5.41, 5.74) is 2.70. The third kappa shape index (κ3) is 10.4. The Balaban J connectivity index is 3.51. The second kappa shape index (κ2) is 12.2. The Morgan fingerprint density at radius 2 is 1.33 bits per heavy atom. The van der Waals surface area contributed by atoms with Crippen molar-refractivity contribution < 1.29 is 0 Å². The maximum absolute atomic E-state index is 2.70. The normalized spacial score (nSPS) is 10.3. The fourth-order valence-corrected chi connectivity index (χ4v) is 4.58. The lowest BCUT2D eigenvalue weighted by Gasteiger charge is -2.03. The molecule has 0 aromatic heterocycles. The van der Waals surface area contributed by atoms with Crippen LogP contribution in [0.5, 0.6) is 0 Å². The van der Waals surface area contributed by atoms with Crippen LogP contribution in [0.2, 0.25) is 12.1 Å². The van der Waals surface area contributed by atoms with E-state index in [4.69, 9.17) is 0 Å². The molecule has 0 aliphatic heterocycles. The molecule has 0 saturated heterocycles. The molecule has 15 heavy (non-hydrogen) atoms. The van der Waals surface area contributed by atoms with Gasteiger partial charge < -0.3 is 0 Å². The van der Waals surface area contributed by atoms with Crippen molar-refractivity contribution in [2.24, 2.45) is 0 Å². The van der Waals surface area contributed by atoms with E-state index < -0.39 is 0 Å². The van der Waals surface area contributed by atoms with Crippen LogP contribution in [0.25, 0.3) is 0 Å². The second-order valence-electron chi connectivity index (χ2n) is 4.57. The Hall–Kier alpha value is 0.0869. The Bertz CT molecular complexity index is 141. The molecule has 0 aliphatic rings. The molecule has 0 bridgehead atoms. The molecule has 0 aromatic carbocycles. The highest BCUT2D eigenvalue weighted by Gasteiger charge is 1.95. The van der Waals surface area contributed by atoms with Crippen LogP contribution in [0.1, 0.15) is 72.1 Å². The molecule has 0 aromatic rings. The zero-order valence-electron chi connectivity index (χ0n) is 11.1. The summed E-state index contributed by atoms with van der Waals surface area (Å²) in [5.74, 6) is 0. The molecule has 0 fully saturated rings. The van der Waals surface area contributed by atoms with Crippen molar-refractivity contribution in [2.75, 3.05) is 0 Å². The van der Waals surface area contributed by atoms with Gasteiger partial charge in [-0.1, -0.05) is 65.7 Å². The van der Waals surface area contributed by atoms with E-state index in [1.165, 1.54) is 63.5 Å². The van der Waals surface area contributed by atoms with Gasteiger partial charge in [-0.2, -0.15) is 0 Å². The van der Waals surface area contributed by atoms with Gasteiger partial charge in [-0.05, 0) is 18.5 Å². The molecule has 0 spiro atoms. The van der Waals surface area contributed by atoms with Gasteiger partial charge in [0.15, 0.2) is 0 Å². The highest BCUT2D eigenvalue weighted by molar-refractivity contribution is 6.66. The van der Waals surface area contributed by atoms with Crippen LogP contribution >= 0.6 is 0 Å². The summed E-state index contributed by atoms with van der Waals surface area (Å²) in [6.45, 7) is 6.94. The summed E-state index contributed by atoms with van der Waals surface area (Å²) in [6, 6.07) is 3.01. The Labute approximate surface area is 98.7 Å². The number of rotatable bonds is 10. The summed E-state index contributed by atoms with van der Waals surface area (Å²) < 4.78 is 0. The summed E-state index contributed by atoms with van der Waals surface area (Å²) in [7, 11) is -0.0640. The van der Waals surface area contributed by atoms with E-state index >= 15 is 0 Å². The van der Waals surface area contributed by atoms with Crippen molar-refractivity contribution >= 4 is 14.1 Å². The second-order valence-corrected chi connectivity index (χ2v) is 7.29. The molecule has 0 radical (unpaired) electrons. The summed E-state index contributed by atoms with van der Waals surface area (Å²) in [5, 5.41) is 0. The number of unbranched alkanes of at least 4 members (excludes halogenated alkanes) is 5. The maximum atomic E-state index is 2.70. The van der Waals surface area contributed by atoms with Crippen LogP contribution in [0.4, 0.5) is 0 Å². The SMILES string of the molecule is CCCCCCCC=[Si](CCC)CCC. The summed E-state index contributed by atoms with van der Waals surface area (Å²) in [6.07, 6.45) is 11.3. The Morgan fingerprint density at radius 3 is 1.87 bits per heavy atom. The fourth-order valence-electron chi connectivity index (χ4n) is 2.03. The van der Waals surface area contributed by atoms with Gasteiger partial charge in [-0.15, -0.1) is 5.67 Å². The molecule has 0 aliphatic carbocycles. The summed E-state index contributed by atoms with van der Waals surface area (Å²) >= 11 is 0. The average molecular weight is 226 g/mol. The van der Waals surface area contributed by atoms with E-state index in [2.05, 4.69) is 26.4 Å². The zero-order valence-corrected chi connectivity index (χ0v) is 12.1. The van der Waals surface area contributed by atoms with Gasteiger partial charge in [-0.25, -0.2) is 0 Å². The van der Waals surface area contributed by atoms with Crippen LogP contribution < -0.4 is 0 Å². The Kier molecular flexibility index (Phi) is 12.2. The molecule has 0 unspecified atom stereocenters. The smallest absolute Gasteiger partial charge is 0.00530 e. The van der Waals surface area contributed by atoms with Crippen molar-refractivity contribution in [1.82, 2.24) is 0 Å². The molecule has 0 heterocycles. The minimum absolute atomic E-state index is 0.0640. The van der Waals surface area contributed by atoms with Gasteiger partial charge in [0.25, 0.3) is 0 Å². The van der Waals surface area contributed by atoms with Crippen LogP contribution in [0.15, 0.2) is 0 Å². The van der Waals surface area contributed by atoms with Gasteiger partial charge in [0.2, 0.25) is 0 Å². The van der Waals surface area contributed by atoms with Crippen molar-refractivity contribution in [3.8, 4) is 0 Å². The number of hydrogen-bond acceptors (Lipinski definition) is 0. The van der Waals surface area contributed by atoms with E-state index in [1.807, 2.05) is 0 Å². The minimum atomic E-state index is -0.0640. The molecule has 0 amide bonds. The van der Waals surface area contributed by atoms with E-state index in [0.717, 1.165) is 0 Å². The van der Waals surface area contributed by atoms with Crippen LogP contribution in [0.3, 0.4) is 0 Å². The fraction of sp³-hybridized carbons (Fsp3) is 0.929. The lowest BCUT2D eigenvalue weighted by molar-refractivity contribution is 0.646. The van der Waals surface area contributed by atoms with E-state index in [1.54, 1.807) is 0 Å². The van der Waals surface area contributed by atoms with Crippen LogP contribution in [-0.4, -0.2) is 14.1 Å². The highest BCUT2D eigenvalue weighted by Crippen LogP contribution is 2.05. The predicted molar refractivity (Wildman–Crippen MR) is 75.4 cm³/mol. The molecule has 0 saturated carbocycles. The standard InChI is InChI=1S/C14H30Si/c1-4-7-8-9-10-11-14-15(12-5-2)13-6-3/h14H,4-13H2,1-3H3. The lowest BCUT2D eigenvalue weighted by Crippen LogP contribution is -2.03. The first-order valence-corrected chi connectivity index (χ1v) is 9.02. The first kappa shape index (κ1) is 15.1. The summed E-state index contributed by atoms with van der Waals surface area (Å²) in [4.78, 5) is 0. The highest BCUT2D eigenvalue weighted by atomic mass is 28.2. The van der Waals surface area contributed by atoms with Gasteiger partial charge >= 0.3 is 0 Å². The van der Waals surface area contributed by atoms with Gasteiger partial charge in [0, 0.05) is 8.41 Å². The van der Waals surface area contributed by atoms with Gasteiger partial charge in [-0.3, -0.25) is 0 Å². The van der Waals surface area contributed by atoms with Crippen molar-refractivity contribution in [2.45, 2.75) is 84.2 Å². The van der Waals surface area contributed by atoms with Crippen molar-refractivity contribution in [1.29, 1.82) is 0 Å². The van der Waals surface area contributed by atoms with Gasteiger partial charge in [0.05, 0.1) is 0 Å². The largest absolute Gasteiger partial charge is 0.104 e. The molecule has 0 N–H and O–H groups in total. The Morgan fingerprint density at radius 1 is 0.733 bits per heavy atom. The minimum Gasteiger partial charge on any atom is -0.104 e. The van der Waals surface area contributed by atoms with E-state index in [9.17, 15) is 0 Å². The topological polar surface area (TPSA) is 0 Å². The molecule has 0 nitrogen and oxygen atoms in total. The van der Waals surface area contributed by atoms with Crippen LogP contribution in [-0.2, 0) is 0 Å². The predicted octanol–water partition coefficient (Wildman–Crippen LogP) is 5.05. The van der Waals surface area contributed by atoms with Gasteiger partial charge in [0.1, 0.15) is 0 Å². The van der Waals surface area contributed by atoms with Crippen LogP contribution in [0, 0.1) is 0 Å². The van der Waals surface area contributed by atoms with E-state index in [0.29, 0.717) is 0 Å². The maximum Gasteiger partial charge on any atom is 0.00530 e. The molecule has 1 heteroatoms. The van der Waals surface area contributed by atoms with E-state index in [-0.39, 0.29) is 8.41 Å².